The van der Waals surface area contributed by atoms with Crippen molar-refractivity contribution in [2.24, 2.45) is 0 Å². The van der Waals surface area contributed by atoms with Crippen molar-refractivity contribution in [2.75, 3.05) is 16.8 Å². The third kappa shape index (κ3) is 3.20. The molecular formula is C15H15ClN4O2S. The molecule has 1 aliphatic heterocycles. The molecule has 1 fully saturated rings. The molecule has 120 valence electrons. The molecule has 1 N–H and O–H groups in total. The fourth-order valence-corrected chi connectivity index (χ4v) is 3.43. The van der Waals surface area contributed by atoms with Crippen molar-refractivity contribution in [3.8, 4) is 0 Å². The normalized spacial score (nSPS) is 14.3. The van der Waals surface area contributed by atoms with Crippen LogP contribution in [0.15, 0.2) is 18.2 Å². The van der Waals surface area contributed by atoms with Gasteiger partial charge in [0.2, 0.25) is 5.91 Å². The van der Waals surface area contributed by atoms with Gasteiger partial charge in [-0.25, -0.2) is 0 Å². The molecule has 1 aromatic carbocycles. The van der Waals surface area contributed by atoms with Crippen molar-refractivity contribution in [1.82, 2.24) is 9.59 Å². The number of rotatable bonds is 4. The highest BCUT2D eigenvalue weighted by atomic mass is 35.5. The summed E-state index contributed by atoms with van der Waals surface area (Å²) < 4.78 is 3.81. The molecule has 0 bridgehead atoms. The lowest BCUT2D eigenvalue weighted by Crippen LogP contribution is -2.24. The highest BCUT2D eigenvalue weighted by Crippen LogP contribution is 2.32. The summed E-state index contributed by atoms with van der Waals surface area (Å²) in [5.41, 5.74) is 1.93. The van der Waals surface area contributed by atoms with Gasteiger partial charge in [0, 0.05) is 18.7 Å². The molecule has 0 radical (unpaired) electrons. The summed E-state index contributed by atoms with van der Waals surface area (Å²) in [4.78, 5) is 26.3. The number of anilines is 2. The van der Waals surface area contributed by atoms with Gasteiger partial charge in [-0.15, -0.1) is 5.10 Å². The van der Waals surface area contributed by atoms with Crippen LogP contribution in [0, 0.1) is 0 Å². The van der Waals surface area contributed by atoms with Crippen LogP contribution in [-0.4, -0.2) is 27.9 Å². The van der Waals surface area contributed by atoms with Crippen LogP contribution < -0.4 is 10.2 Å². The molecule has 2 amide bonds. The van der Waals surface area contributed by atoms with Crippen LogP contribution in [0.3, 0.4) is 0 Å². The van der Waals surface area contributed by atoms with Crippen LogP contribution in [0.5, 0.6) is 0 Å². The number of hydrogen-bond acceptors (Lipinski definition) is 5. The summed E-state index contributed by atoms with van der Waals surface area (Å²) >= 11 is 7.34. The van der Waals surface area contributed by atoms with E-state index in [2.05, 4.69) is 14.9 Å². The lowest BCUT2D eigenvalue weighted by atomic mass is 10.2. The van der Waals surface area contributed by atoms with Crippen LogP contribution in [0.2, 0.25) is 5.02 Å². The zero-order valence-electron chi connectivity index (χ0n) is 12.5. The molecule has 2 aromatic rings. The Morgan fingerprint density at radius 1 is 1.48 bits per heavy atom. The lowest BCUT2D eigenvalue weighted by Gasteiger charge is -2.18. The van der Waals surface area contributed by atoms with Gasteiger partial charge in [0.1, 0.15) is 4.88 Å². The molecule has 0 atom stereocenters. The Bertz CT molecular complexity index is 762. The number of hydrogen-bond donors (Lipinski definition) is 1. The van der Waals surface area contributed by atoms with Crippen molar-refractivity contribution in [3.05, 3.63) is 33.8 Å². The van der Waals surface area contributed by atoms with E-state index < -0.39 is 0 Å². The Kier molecular flexibility index (Phi) is 4.58. The third-order valence-electron chi connectivity index (χ3n) is 3.67. The smallest absolute Gasteiger partial charge is 0.269 e. The number of benzene rings is 1. The highest BCUT2D eigenvalue weighted by Gasteiger charge is 2.24. The van der Waals surface area contributed by atoms with Gasteiger partial charge in [-0.3, -0.25) is 9.59 Å². The first-order chi connectivity index (χ1) is 11.1. The summed E-state index contributed by atoms with van der Waals surface area (Å²) in [5.74, 6) is -0.176. The largest absolute Gasteiger partial charge is 0.321 e. The van der Waals surface area contributed by atoms with E-state index in [0.717, 1.165) is 18.0 Å². The highest BCUT2D eigenvalue weighted by molar-refractivity contribution is 7.08. The molecule has 1 aromatic heterocycles. The summed E-state index contributed by atoms with van der Waals surface area (Å²) in [7, 11) is 0. The maximum atomic E-state index is 12.3. The number of amides is 2. The van der Waals surface area contributed by atoms with E-state index in [1.54, 1.807) is 23.1 Å². The number of carbonyl (C=O) groups excluding carboxylic acids is 2. The van der Waals surface area contributed by atoms with Crippen LogP contribution in [0.1, 0.15) is 35.1 Å². The number of nitrogens with zero attached hydrogens (tertiary/aromatic N) is 3. The third-order valence-corrected chi connectivity index (χ3v) is 4.74. The van der Waals surface area contributed by atoms with Gasteiger partial charge in [-0.05, 0) is 42.6 Å². The molecule has 1 saturated heterocycles. The Labute approximate surface area is 142 Å². The average Bonchev–Trinajstić information content (AvgIpc) is 3.16. The number of halogens is 1. The Hall–Kier alpha value is -1.99. The first-order valence-corrected chi connectivity index (χ1v) is 8.47. The quantitative estimate of drug-likeness (QED) is 0.919. The molecule has 23 heavy (non-hydrogen) atoms. The molecular weight excluding hydrogens is 336 g/mol. The lowest BCUT2D eigenvalue weighted by molar-refractivity contribution is -0.117. The van der Waals surface area contributed by atoms with Gasteiger partial charge in [0.25, 0.3) is 5.91 Å². The number of nitrogens with one attached hydrogen (secondary N) is 1. The second kappa shape index (κ2) is 6.64. The Morgan fingerprint density at radius 2 is 2.30 bits per heavy atom. The Morgan fingerprint density at radius 3 is 2.96 bits per heavy atom. The average molecular weight is 351 g/mol. The van der Waals surface area contributed by atoms with Crippen LogP contribution >= 0.6 is 23.1 Å². The van der Waals surface area contributed by atoms with Gasteiger partial charge in [-0.1, -0.05) is 23.0 Å². The SMILES string of the molecule is CCc1nnsc1C(=O)Nc1ccc(N2CCCC2=O)c(Cl)c1. The second-order valence-electron chi connectivity index (χ2n) is 5.17. The number of aryl methyl sites for hydroxylation is 1. The standard InChI is InChI=1S/C15H15ClN4O2S/c1-2-11-14(23-19-18-11)15(22)17-9-5-6-12(10(16)8-9)20-7-3-4-13(20)21/h5-6,8H,2-4,7H2,1H3,(H,17,22). The first-order valence-electron chi connectivity index (χ1n) is 7.32. The fraction of sp³-hybridized carbons (Fsp3) is 0.333. The van der Waals surface area contributed by atoms with Gasteiger partial charge in [-0.2, -0.15) is 0 Å². The van der Waals surface area contributed by atoms with Gasteiger partial charge in [0.05, 0.1) is 16.4 Å². The predicted molar refractivity (Wildman–Crippen MR) is 90.3 cm³/mol. The van der Waals surface area contributed by atoms with E-state index in [1.807, 2.05) is 6.92 Å². The Balaban J connectivity index is 1.78. The minimum atomic E-state index is -0.252. The zero-order chi connectivity index (χ0) is 16.4. The predicted octanol–water partition coefficient (Wildman–Crippen LogP) is 3.13. The molecule has 2 heterocycles. The molecule has 0 aliphatic carbocycles. The summed E-state index contributed by atoms with van der Waals surface area (Å²) in [5, 5.41) is 7.16. The molecule has 3 rings (SSSR count). The summed E-state index contributed by atoms with van der Waals surface area (Å²) in [6, 6.07) is 5.15. The maximum absolute atomic E-state index is 12.3. The molecule has 6 nitrogen and oxygen atoms in total. The molecule has 1 aliphatic rings. The van der Waals surface area contributed by atoms with E-state index in [0.29, 0.717) is 46.4 Å². The monoisotopic (exact) mass is 350 g/mol. The fourth-order valence-electron chi connectivity index (χ4n) is 2.51. The van der Waals surface area contributed by atoms with E-state index in [4.69, 9.17) is 11.6 Å². The van der Waals surface area contributed by atoms with Crippen LogP contribution in [-0.2, 0) is 11.2 Å². The summed E-state index contributed by atoms with van der Waals surface area (Å²) in [6.45, 7) is 2.60. The van der Waals surface area contributed by atoms with Crippen molar-refractivity contribution in [2.45, 2.75) is 26.2 Å². The minimum absolute atomic E-state index is 0.0759. The zero-order valence-corrected chi connectivity index (χ0v) is 14.1. The first kappa shape index (κ1) is 15.9. The second-order valence-corrected chi connectivity index (χ2v) is 6.33. The van der Waals surface area contributed by atoms with E-state index in [1.165, 1.54) is 0 Å². The van der Waals surface area contributed by atoms with E-state index in [9.17, 15) is 9.59 Å². The van der Waals surface area contributed by atoms with Gasteiger partial charge >= 0.3 is 0 Å². The number of aromatic nitrogens is 2. The van der Waals surface area contributed by atoms with Crippen molar-refractivity contribution in [3.63, 3.8) is 0 Å². The maximum Gasteiger partial charge on any atom is 0.269 e. The van der Waals surface area contributed by atoms with Crippen LogP contribution in [0.4, 0.5) is 11.4 Å². The molecule has 0 unspecified atom stereocenters. The molecule has 8 heteroatoms. The molecule has 0 saturated carbocycles. The number of carbonyl (C=O) groups is 2. The summed E-state index contributed by atoms with van der Waals surface area (Å²) in [6.07, 6.45) is 2.04. The van der Waals surface area contributed by atoms with E-state index >= 15 is 0 Å². The van der Waals surface area contributed by atoms with Crippen molar-refractivity contribution >= 4 is 46.3 Å². The van der Waals surface area contributed by atoms with Gasteiger partial charge < -0.3 is 10.2 Å². The van der Waals surface area contributed by atoms with Crippen molar-refractivity contribution < 1.29 is 9.59 Å². The van der Waals surface area contributed by atoms with Crippen molar-refractivity contribution in [1.29, 1.82) is 0 Å². The van der Waals surface area contributed by atoms with E-state index in [-0.39, 0.29) is 11.8 Å². The topological polar surface area (TPSA) is 75.2 Å². The van der Waals surface area contributed by atoms with Crippen LogP contribution in [0.25, 0.3) is 0 Å². The molecule has 0 spiro atoms. The van der Waals surface area contributed by atoms with Gasteiger partial charge in [0.15, 0.2) is 0 Å². The minimum Gasteiger partial charge on any atom is -0.321 e.